The highest BCUT2D eigenvalue weighted by Crippen LogP contribution is 2.21. The fourth-order valence-corrected chi connectivity index (χ4v) is 4.46. The van der Waals surface area contributed by atoms with Crippen LogP contribution in [0.5, 0.6) is 0 Å². The van der Waals surface area contributed by atoms with Gasteiger partial charge in [0.1, 0.15) is 0 Å². The first kappa shape index (κ1) is 14.2. The Morgan fingerprint density at radius 1 is 1.24 bits per heavy atom. The van der Waals surface area contributed by atoms with Crippen molar-refractivity contribution in [1.82, 2.24) is 4.90 Å². The molecule has 0 amide bonds. The molecule has 0 spiro atoms. The summed E-state index contributed by atoms with van der Waals surface area (Å²) >= 11 is 0. The van der Waals surface area contributed by atoms with Crippen LogP contribution in [0.1, 0.15) is 5.56 Å². The molecule has 0 N–H and O–H groups in total. The van der Waals surface area contributed by atoms with E-state index in [9.17, 15) is 12.6 Å². The number of allylic oxidation sites excluding steroid dienone is 2. The lowest BCUT2D eigenvalue weighted by Gasteiger charge is -2.28. The first-order valence-corrected chi connectivity index (χ1v) is 9.38. The molecule has 2 aliphatic heterocycles. The standard InChI is InChI=1S/C14H14N2O3S2/c17-20(11-12-5-2-1-3-6-12)13-7-4-8-16-9-10-21(18,19)15-14(13)16/h1-8H,9-11H2. The zero-order chi connectivity index (χ0) is 14.9. The van der Waals surface area contributed by atoms with Crippen LogP contribution in [0.2, 0.25) is 0 Å². The normalized spacial score (nSPS) is 21.2. The molecule has 0 radical (unpaired) electrons. The first-order chi connectivity index (χ1) is 10.1. The van der Waals surface area contributed by atoms with Gasteiger partial charge < -0.3 is 4.90 Å². The zero-order valence-corrected chi connectivity index (χ0v) is 12.8. The van der Waals surface area contributed by atoms with E-state index in [-0.39, 0.29) is 11.6 Å². The monoisotopic (exact) mass is 322 g/mol. The second kappa shape index (κ2) is 5.57. The van der Waals surface area contributed by atoms with E-state index in [1.165, 1.54) is 0 Å². The van der Waals surface area contributed by atoms with Crippen molar-refractivity contribution in [3.8, 4) is 0 Å². The fraction of sp³-hybridized carbons (Fsp3) is 0.214. The maximum absolute atomic E-state index is 12.5. The van der Waals surface area contributed by atoms with Crippen molar-refractivity contribution in [2.75, 3.05) is 12.3 Å². The van der Waals surface area contributed by atoms with E-state index in [0.717, 1.165) is 5.56 Å². The summed E-state index contributed by atoms with van der Waals surface area (Å²) in [6, 6.07) is 9.46. The highest BCUT2D eigenvalue weighted by atomic mass is 32.2. The summed E-state index contributed by atoms with van der Waals surface area (Å²) in [5, 5.41) is 0. The molecule has 110 valence electrons. The highest BCUT2D eigenvalue weighted by Gasteiger charge is 2.29. The van der Waals surface area contributed by atoms with Gasteiger partial charge in [0.15, 0.2) is 5.84 Å². The van der Waals surface area contributed by atoms with Gasteiger partial charge in [0.25, 0.3) is 10.0 Å². The van der Waals surface area contributed by atoms with Crippen molar-refractivity contribution < 1.29 is 12.6 Å². The van der Waals surface area contributed by atoms with Crippen molar-refractivity contribution in [2.24, 2.45) is 4.40 Å². The third kappa shape index (κ3) is 3.14. The number of hydrogen-bond donors (Lipinski definition) is 0. The van der Waals surface area contributed by atoms with Gasteiger partial charge in [-0.1, -0.05) is 30.3 Å². The van der Waals surface area contributed by atoms with Crippen LogP contribution in [0.25, 0.3) is 0 Å². The van der Waals surface area contributed by atoms with Crippen LogP contribution in [0.15, 0.2) is 58.0 Å². The third-order valence-corrected chi connectivity index (χ3v) is 5.76. The summed E-state index contributed by atoms with van der Waals surface area (Å²) in [5.74, 6) is 0.616. The maximum Gasteiger partial charge on any atom is 0.256 e. The van der Waals surface area contributed by atoms with Gasteiger partial charge in [-0.15, -0.1) is 4.40 Å². The molecule has 0 aromatic heterocycles. The van der Waals surface area contributed by atoms with Crippen molar-refractivity contribution in [3.63, 3.8) is 0 Å². The molecule has 21 heavy (non-hydrogen) atoms. The number of rotatable bonds is 3. The summed E-state index contributed by atoms with van der Waals surface area (Å²) in [4.78, 5) is 2.20. The predicted octanol–water partition coefficient (Wildman–Crippen LogP) is 1.39. The van der Waals surface area contributed by atoms with Gasteiger partial charge in [-0.05, 0) is 17.7 Å². The van der Waals surface area contributed by atoms with Crippen molar-refractivity contribution in [1.29, 1.82) is 0 Å². The van der Waals surface area contributed by atoms with Crippen LogP contribution in [0.3, 0.4) is 0 Å². The van der Waals surface area contributed by atoms with Crippen LogP contribution in [0, 0.1) is 0 Å². The summed E-state index contributed by atoms with van der Waals surface area (Å²) in [6.45, 7) is 0.345. The lowest BCUT2D eigenvalue weighted by Crippen LogP contribution is -2.39. The van der Waals surface area contributed by atoms with Gasteiger partial charge in [-0.3, -0.25) is 4.21 Å². The molecule has 2 heterocycles. The van der Waals surface area contributed by atoms with E-state index >= 15 is 0 Å². The fourth-order valence-electron chi connectivity index (χ4n) is 2.17. The van der Waals surface area contributed by atoms with Gasteiger partial charge >= 0.3 is 0 Å². The Labute approximate surface area is 126 Å². The molecule has 1 aromatic rings. The van der Waals surface area contributed by atoms with E-state index in [2.05, 4.69) is 4.40 Å². The van der Waals surface area contributed by atoms with Crippen LogP contribution in [0.4, 0.5) is 0 Å². The third-order valence-electron chi connectivity index (χ3n) is 3.21. The molecule has 2 aliphatic rings. The maximum atomic E-state index is 12.5. The Bertz CT molecular complexity index is 765. The van der Waals surface area contributed by atoms with E-state index in [1.54, 1.807) is 23.3 Å². The smallest absolute Gasteiger partial charge is 0.256 e. The zero-order valence-electron chi connectivity index (χ0n) is 11.2. The van der Waals surface area contributed by atoms with Crippen LogP contribution >= 0.6 is 0 Å². The topological polar surface area (TPSA) is 66.8 Å². The largest absolute Gasteiger partial charge is 0.330 e. The predicted molar refractivity (Wildman–Crippen MR) is 83.4 cm³/mol. The number of nitrogens with zero attached hydrogens (tertiary/aromatic N) is 2. The summed E-state index contributed by atoms with van der Waals surface area (Å²) < 4.78 is 39.7. The van der Waals surface area contributed by atoms with E-state index < -0.39 is 20.8 Å². The number of benzene rings is 1. The minimum absolute atomic E-state index is 0.0144. The molecular weight excluding hydrogens is 308 g/mol. The number of hydrogen-bond acceptors (Lipinski definition) is 4. The highest BCUT2D eigenvalue weighted by molar-refractivity contribution is 7.91. The molecule has 3 rings (SSSR count). The molecule has 0 fully saturated rings. The summed E-state index contributed by atoms with van der Waals surface area (Å²) in [5.41, 5.74) is 0.942. The Hall–Kier alpha value is -1.73. The van der Waals surface area contributed by atoms with Gasteiger partial charge in [0, 0.05) is 12.7 Å². The van der Waals surface area contributed by atoms with E-state index in [0.29, 0.717) is 17.2 Å². The van der Waals surface area contributed by atoms with Gasteiger partial charge in [-0.25, -0.2) is 8.42 Å². The van der Waals surface area contributed by atoms with Crippen LogP contribution in [-0.4, -0.2) is 35.7 Å². The van der Waals surface area contributed by atoms with Crippen molar-refractivity contribution >= 4 is 26.7 Å². The lowest BCUT2D eigenvalue weighted by atomic mass is 10.2. The minimum Gasteiger partial charge on any atom is -0.330 e. The van der Waals surface area contributed by atoms with Gasteiger partial charge in [0.2, 0.25) is 0 Å². The Morgan fingerprint density at radius 3 is 2.76 bits per heavy atom. The summed E-state index contributed by atoms with van der Waals surface area (Å²) in [6.07, 6.45) is 5.21. The number of fused-ring (bicyclic) bond motifs is 1. The molecule has 0 bridgehead atoms. The van der Waals surface area contributed by atoms with Gasteiger partial charge in [0.05, 0.1) is 27.2 Å². The Kier molecular flexibility index (Phi) is 3.77. The summed E-state index contributed by atoms with van der Waals surface area (Å²) in [7, 11) is -4.79. The van der Waals surface area contributed by atoms with Crippen LogP contribution in [-0.2, 0) is 26.6 Å². The molecular formula is C14H14N2O3S2. The SMILES string of the molecule is O=S(Cc1ccccc1)C1=CC=CN2CCS(=O)(=O)N=C12. The second-order valence-electron chi connectivity index (χ2n) is 4.74. The molecule has 0 aliphatic carbocycles. The lowest BCUT2D eigenvalue weighted by molar-refractivity contribution is 0.548. The molecule has 1 aromatic carbocycles. The second-order valence-corrected chi connectivity index (χ2v) is 7.92. The van der Waals surface area contributed by atoms with Crippen molar-refractivity contribution in [2.45, 2.75) is 5.75 Å². The van der Waals surface area contributed by atoms with Gasteiger partial charge in [-0.2, -0.15) is 0 Å². The molecule has 0 saturated carbocycles. The van der Waals surface area contributed by atoms with E-state index in [4.69, 9.17) is 0 Å². The minimum atomic E-state index is -3.46. The average Bonchev–Trinajstić information content (AvgIpc) is 2.46. The molecule has 7 heteroatoms. The van der Waals surface area contributed by atoms with E-state index in [1.807, 2.05) is 30.3 Å². The van der Waals surface area contributed by atoms with Crippen molar-refractivity contribution in [3.05, 3.63) is 59.2 Å². The molecule has 1 atom stereocenters. The average molecular weight is 322 g/mol. The number of amidine groups is 1. The number of sulfonamides is 1. The Morgan fingerprint density at radius 2 is 2.00 bits per heavy atom. The first-order valence-electron chi connectivity index (χ1n) is 6.46. The molecule has 1 unspecified atom stereocenters. The molecule has 5 nitrogen and oxygen atoms in total. The molecule has 0 saturated heterocycles. The van der Waals surface area contributed by atoms with Crippen LogP contribution < -0.4 is 0 Å². The quantitative estimate of drug-likeness (QED) is 0.843. The Balaban J connectivity index is 1.90.